The molecule has 0 bridgehead atoms. The average molecular weight is 259 g/mol. The van der Waals surface area contributed by atoms with Crippen molar-refractivity contribution in [1.82, 2.24) is 4.98 Å². The number of rotatable bonds is 2. The van der Waals surface area contributed by atoms with Gasteiger partial charge in [0.25, 0.3) is 0 Å². The lowest BCUT2D eigenvalue weighted by Crippen LogP contribution is -2.22. The van der Waals surface area contributed by atoms with E-state index in [9.17, 15) is 15.0 Å². The molecule has 6 nitrogen and oxygen atoms in total. The van der Waals surface area contributed by atoms with E-state index in [1.54, 1.807) is 4.90 Å². The van der Waals surface area contributed by atoms with Crippen molar-refractivity contribution in [2.24, 2.45) is 0 Å². The normalized spacial score (nSPS) is 24.1. The van der Waals surface area contributed by atoms with E-state index in [1.165, 1.54) is 12.3 Å². The molecule has 17 heavy (non-hydrogen) atoms. The lowest BCUT2D eigenvalue weighted by Gasteiger charge is -2.17. The molecule has 0 aliphatic carbocycles. The van der Waals surface area contributed by atoms with Crippen molar-refractivity contribution >= 4 is 23.4 Å². The standard InChI is InChI=1S/C10H11ClN2O4/c11-6-1-5(10(16)17)2-12-9(6)13-3-7(14)8(15)4-13/h1-2,7-8,14-15H,3-4H2,(H,16,17). The van der Waals surface area contributed by atoms with Crippen LogP contribution in [0, 0.1) is 0 Å². The largest absolute Gasteiger partial charge is 0.478 e. The summed E-state index contributed by atoms with van der Waals surface area (Å²) in [5.74, 6) is -0.736. The highest BCUT2D eigenvalue weighted by molar-refractivity contribution is 6.33. The summed E-state index contributed by atoms with van der Waals surface area (Å²) in [6.45, 7) is 0.445. The van der Waals surface area contributed by atoms with Gasteiger partial charge in [0.2, 0.25) is 0 Å². The second-order valence-electron chi connectivity index (χ2n) is 3.87. The second-order valence-corrected chi connectivity index (χ2v) is 4.28. The fourth-order valence-electron chi connectivity index (χ4n) is 1.72. The minimum atomic E-state index is -1.10. The van der Waals surface area contributed by atoms with Crippen molar-refractivity contribution in [2.45, 2.75) is 12.2 Å². The molecule has 2 rings (SSSR count). The third kappa shape index (κ3) is 2.33. The van der Waals surface area contributed by atoms with E-state index < -0.39 is 18.2 Å². The molecular formula is C10H11ClN2O4. The number of pyridine rings is 1. The zero-order valence-electron chi connectivity index (χ0n) is 8.75. The summed E-state index contributed by atoms with van der Waals surface area (Å²) in [5.41, 5.74) is -0.000885. The molecular weight excluding hydrogens is 248 g/mol. The zero-order valence-corrected chi connectivity index (χ0v) is 9.50. The van der Waals surface area contributed by atoms with Gasteiger partial charge in [0.1, 0.15) is 5.82 Å². The van der Waals surface area contributed by atoms with E-state index in [0.717, 1.165) is 0 Å². The van der Waals surface area contributed by atoms with Crippen LogP contribution in [0.3, 0.4) is 0 Å². The number of aliphatic hydroxyl groups is 2. The van der Waals surface area contributed by atoms with Crippen LogP contribution in [0.15, 0.2) is 12.3 Å². The number of hydrogen-bond acceptors (Lipinski definition) is 5. The van der Waals surface area contributed by atoms with Crippen LogP contribution in [0.5, 0.6) is 0 Å². The number of β-amino-alcohol motifs (C(OH)–C–C–N with tert-alkyl or cyclic N) is 2. The molecule has 92 valence electrons. The molecule has 1 aliphatic rings. The van der Waals surface area contributed by atoms with E-state index in [1.807, 2.05) is 0 Å². The van der Waals surface area contributed by atoms with Crippen molar-refractivity contribution in [3.8, 4) is 0 Å². The fourth-order valence-corrected chi connectivity index (χ4v) is 2.01. The van der Waals surface area contributed by atoms with Gasteiger partial charge in [-0.2, -0.15) is 0 Å². The van der Waals surface area contributed by atoms with Gasteiger partial charge in [0.05, 0.1) is 22.8 Å². The van der Waals surface area contributed by atoms with Gasteiger partial charge in [-0.3, -0.25) is 0 Å². The van der Waals surface area contributed by atoms with Gasteiger partial charge in [-0.25, -0.2) is 9.78 Å². The minimum absolute atomic E-state index is 0.000885. The Bertz CT molecular complexity index is 444. The van der Waals surface area contributed by atoms with Crippen LogP contribution in [-0.4, -0.2) is 51.6 Å². The first-order valence-corrected chi connectivity index (χ1v) is 5.36. The number of nitrogens with zero attached hydrogens (tertiary/aromatic N) is 2. The van der Waals surface area contributed by atoms with Gasteiger partial charge in [-0.15, -0.1) is 0 Å². The molecule has 3 N–H and O–H groups in total. The molecule has 1 fully saturated rings. The molecule has 1 aliphatic heterocycles. The van der Waals surface area contributed by atoms with Gasteiger partial charge in [-0.1, -0.05) is 11.6 Å². The van der Waals surface area contributed by atoms with E-state index in [2.05, 4.69) is 4.98 Å². The van der Waals surface area contributed by atoms with E-state index in [-0.39, 0.29) is 23.7 Å². The molecule has 0 saturated carbocycles. The van der Waals surface area contributed by atoms with Crippen LogP contribution < -0.4 is 4.90 Å². The Morgan fingerprint density at radius 3 is 2.47 bits per heavy atom. The van der Waals surface area contributed by atoms with Crippen molar-refractivity contribution in [1.29, 1.82) is 0 Å². The third-order valence-electron chi connectivity index (χ3n) is 2.63. The van der Waals surface area contributed by atoms with Crippen molar-refractivity contribution in [3.05, 3.63) is 22.8 Å². The Hall–Kier alpha value is -1.37. The molecule has 2 unspecified atom stereocenters. The van der Waals surface area contributed by atoms with Crippen LogP contribution in [-0.2, 0) is 0 Å². The van der Waals surface area contributed by atoms with Gasteiger partial charge >= 0.3 is 5.97 Å². The van der Waals surface area contributed by atoms with E-state index in [4.69, 9.17) is 16.7 Å². The Labute approximate surface area is 102 Å². The lowest BCUT2D eigenvalue weighted by atomic mass is 10.3. The predicted octanol–water partition coefficient (Wildman–Crippen LogP) is -0.0250. The number of carboxylic acids is 1. The molecule has 7 heteroatoms. The molecule has 2 heterocycles. The zero-order chi connectivity index (χ0) is 12.6. The molecule has 1 aromatic heterocycles. The van der Waals surface area contributed by atoms with Crippen LogP contribution in [0.4, 0.5) is 5.82 Å². The summed E-state index contributed by atoms with van der Waals surface area (Å²) in [6, 6.07) is 1.29. The number of carbonyl (C=O) groups is 1. The maximum absolute atomic E-state index is 10.7. The molecule has 1 saturated heterocycles. The van der Waals surface area contributed by atoms with Crippen LogP contribution >= 0.6 is 11.6 Å². The van der Waals surface area contributed by atoms with Gasteiger partial charge in [0, 0.05) is 19.3 Å². The van der Waals surface area contributed by atoms with E-state index in [0.29, 0.717) is 5.82 Å². The minimum Gasteiger partial charge on any atom is -0.478 e. The van der Waals surface area contributed by atoms with Crippen LogP contribution in [0.25, 0.3) is 0 Å². The van der Waals surface area contributed by atoms with Crippen LogP contribution in [0.1, 0.15) is 10.4 Å². The van der Waals surface area contributed by atoms with Crippen LogP contribution in [0.2, 0.25) is 5.02 Å². The fraction of sp³-hybridized carbons (Fsp3) is 0.400. The Kier molecular flexibility index (Phi) is 3.19. The highest BCUT2D eigenvalue weighted by Crippen LogP contribution is 2.27. The Morgan fingerprint density at radius 2 is 2.00 bits per heavy atom. The van der Waals surface area contributed by atoms with Gasteiger partial charge in [0.15, 0.2) is 0 Å². The highest BCUT2D eigenvalue weighted by atomic mass is 35.5. The number of aromatic nitrogens is 1. The first-order chi connectivity index (χ1) is 7.99. The number of aliphatic hydroxyl groups excluding tert-OH is 2. The summed E-state index contributed by atoms with van der Waals surface area (Å²) in [4.78, 5) is 16.3. The number of halogens is 1. The Morgan fingerprint density at radius 1 is 1.41 bits per heavy atom. The molecule has 0 aromatic carbocycles. The highest BCUT2D eigenvalue weighted by Gasteiger charge is 2.31. The average Bonchev–Trinajstić information content (AvgIpc) is 2.58. The third-order valence-corrected chi connectivity index (χ3v) is 2.91. The summed E-state index contributed by atoms with van der Waals surface area (Å²) in [5, 5.41) is 27.8. The van der Waals surface area contributed by atoms with Crippen molar-refractivity contribution in [3.63, 3.8) is 0 Å². The Balaban J connectivity index is 2.26. The number of carboxylic acid groups (broad SMARTS) is 1. The summed E-state index contributed by atoms with van der Waals surface area (Å²) in [6.07, 6.45) is -0.486. The second kappa shape index (κ2) is 4.48. The number of hydrogen-bond donors (Lipinski definition) is 3. The predicted molar refractivity (Wildman–Crippen MR) is 60.4 cm³/mol. The molecule has 2 atom stereocenters. The molecule has 0 amide bonds. The lowest BCUT2D eigenvalue weighted by molar-refractivity contribution is 0.0572. The summed E-state index contributed by atoms with van der Waals surface area (Å²) >= 11 is 5.92. The van der Waals surface area contributed by atoms with Gasteiger partial charge in [-0.05, 0) is 6.07 Å². The van der Waals surface area contributed by atoms with Crippen molar-refractivity contribution in [2.75, 3.05) is 18.0 Å². The van der Waals surface area contributed by atoms with Crippen molar-refractivity contribution < 1.29 is 20.1 Å². The first kappa shape index (κ1) is 12.1. The smallest absolute Gasteiger partial charge is 0.337 e. The summed E-state index contributed by atoms with van der Waals surface area (Å²) < 4.78 is 0. The molecule has 0 radical (unpaired) electrons. The number of anilines is 1. The maximum Gasteiger partial charge on any atom is 0.337 e. The quantitative estimate of drug-likeness (QED) is 0.690. The first-order valence-electron chi connectivity index (χ1n) is 4.99. The topological polar surface area (TPSA) is 93.9 Å². The van der Waals surface area contributed by atoms with E-state index >= 15 is 0 Å². The molecule has 0 spiro atoms. The SMILES string of the molecule is O=C(O)c1cnc(N2CC(O)C(O)C2)c(Cl)c1. The monoisotopic (exact) mass is 258 g/mol. The maximum atomic E-state index is 10.7. The van der Waals surface area contributed by atoms with Gasteiger partial charge < -0.3 is 20.2 Å². The number of aromatic carboxylic acids is 1. The summed E-state index contributed by atoms with van der Waals surface area (Å²) in [7, 11) is 0. The molecule has 1 aromatic rings.